The molecule has 0 spiro atoms. The number of hydrogen-bond acceptors (Lipinski definition) is 3. The molecule has 2 N–H and O–H groups in total. The van der Waals surface area contributed by atoms with Gasteiger partial charge >= 0.3 is 6.03 Å². The molecule has 1 unspecified atom stereocenters. The van der Waals surface area contributed by atoms with Crippen molar-refractivity contribution in [3.05, 3.63) is 0 Å². The maximum Gasteiger partial charge on any atom is 0.338 e. The monoisotopic (exact) mass is 157 g/mol. The number of nitrogens with zero attached hydrogens (tertiary/aromatic N) is 1. The summed E-state index contributed by atoms with van der Waals surface area (Å²) in [6, 6.07) is -0.447. The summed E-state index contributed by atoms with van der Waals surface area (Å²) in [6.07, 6.45) is 0.354. The van der Waals surface area contributed by atoms with Crippen LogP contribution in [0.2, 0.25) is 0 Å². The topological polar surface area (TPSA) is 61.4 Å². The SMILES string of the molecule is CNN1C(=O)NC(=O)CC1C. The molecule has 5 heteroatoms. The van der Waals surface area contributed by atoms with Crippen LogP contribution < -0.4 is 10.7 Å². The summed E-state index contributed by atoms with van der Waals surface area (Å²) in [4.78, 5) is 21.7. The Bertz CT molecular complexity index is 192. The third-order valence-electron chi connectivity index (χ3n) is 1.63. The van der Waals surface area contributed by atoms with E-state index in [9.17, 15) is 9.59 Å². The van der Waals surface area contributed by atoms with Gasteiger partial charge in [0.25, 0.3) is 0 Å². The molecule has 5 nitrogen and oxygen atoms in total. The van der Waals surface area contributed by atoms with Crippen molar-refractivity contribution in [3.8, 4) is 0 Å². The van der Waals surface area contributed by atoms with E-state index in [1.54, 1.807) is 7.05 Å². The Kier molecular flexibility index (Phi) is 2.09. The van der Waals surface area contributed by atoms with E-state index in [0.29, 0.717) is 6.42 Å². The van der Waals surface area contributed by atoms with Crippen LogP contribution >= 0.6 is 0 Å². The number of imide groups is 1. The van der Waals surface area contributed by atoms with E-state index in [0.717, 1.165) is 0 Å². The third-order valence-corrected chi connectivity index (χ3v) is 1.63. The molecule has 62 valence electrons. The number of hydrogen-bond donors (Lipinski definition) is 2. The molecule has 0 aliphatic carbocycles. The number of urea groups is 1. The van der Waals surface area contributed by atoms with Crippen LogP contribution in [0.4, 0.5) is 4.79 Å². The first kappa shape index (κ1) is 8.00. The van der Waals surface area contributed by atoms with Crippen molar-refractivity contribution in [2.45, 2.75) is 19.4 Å². The van der Waals surface area contributed by atoms with Gasteiger partial charge in [-0.05, 0) is 6.92 Å². The maximum atomic E-state index is 11.0. The van der Waals surface area contributed by atoms with E-state index in [4.69, 9.17) is 0 Å². The molecular formula is C6H11N3O2. The van der Waals surface area contributed by atoms with Crippen molar-refractivity contribution in [2.24, 2.45) is 0 Å². The van der Waals surface area contributed by atoms with Gasteiger partial charge in [-0.25, -0.2) is 10.2 Å². The lowest BCUT2D eigenvalue weighted by molar-refractivity contribution is -0.123. The normalized spacial score (nSPS) is 25.3. The quantitative estimate of drug-likeness (QED) is 0.537. The van der Waals surface area contributed by atoms with E-state index < -0.39 is 0 Å². The predicted octanol–water partition coefficient (Wildman–Crippen LogP) is -0.549. The van der Waals surface area contributed by atoms with Crippen molar-refractivity contribution in [1.82, 2.24) is 15.8 Å². The van der Waals surface area contributed by atoms with Gasteiger partial charge in [0.15, 0.2) is 0 Å². The fourth-order valence-corrected chi connectivity index (χ4v) is 1.11. The number of carbonyl (C=O) groups is 2. The van der Waals surface area contributed by atoms with Crippen molar-refractivity contribution in [3.63, 3.8) is 0 Å². The molecule has 0 radical (unpaired) electrons. The van der Waals surface area contributed by atoms with Gasteiger partial charge in [0, 0.05) is 13.5 Å². The summed E-state index contributed by atoms with van der Waals surface area (Å²) in [5.74, 6) is -0.214. The lowest BCUT2D eigenvalue weighted by atomic mass is 10.2. The Morgan fingerprint density at radius 3 is 2.73 bits per heavy atom. The zero-order valence-electron chi connectivity index (χ0n) is 6.55. The van der Waals surface area contributed by atoms with Crippen LogP contribution in [0.1, 0.15) is 13.3 Å². The summed E-state index contributed by atoms with van der Waals surface area (Å²) in [5.41, 5.74) is 2.69. The number of nitrogens with one attached hydrogen (secondary N) is 2. The van der Waals surface area contributed by atoms with Gasteiger partial charge in [-0.15, -0.1) is 0 Å². The van der Waals surface area contributed by atoms with Gasteiger partial charge in [0.2, 0.25) is 5.91 Å². The molecule has 1 atom stereocenters. The molecule has 11 heavy (non-hydrogen) atoms. The lowest BCUT2D eigenvalue weighted by Crippen LogP contribution is -2.58. The second-order valence-electron chi connectivity index (χ2n) is 2.50. The Labute approximate surface area is 64.7 Å². The van der Waals surface area contributed by atoms with E-state index in [1.165, 1.54) is 5.01 Å². The number of carbonyl (C=O) groups excluding carboxylic acids is 2. The molecule has 1 heterocycles. The highest BCUT2D eigenvalue weighted by molar-refractivity contribution is 5.96. The second kappa shape index (κ2) is 2.87. The molecule has 1 rings (SSSR count). The van der Waals surface area contributed by atoms with Crippen LogP contribution in [0.3, 0.4) is 0 Å². The standard InChI is InChI=1S/C6H11N3O2/c1-4-3-5(10)8-6(11)9(4)7-2/h4,7H,3H2,1-2H3,(H,8,10,11). The summed E-state index contributed by atoms with van der Waals surface area (Å²) < 4.78 is 0. The van der Waals surface area contributed by atoms with Gasteiger partial charge in [0.05, 0.1) is 6.04 Å². The summed E-state index contributed by atoms with van der Waals surface area (Å²) in [7, 11) is 1.64. The largest absolute Gasteiger partial charge is 0.338 e. The van der Waals surface area contributed by atoms with Gasteiger partial charge < -0.3 is 0 Å². The van der Waals surface area contributed by atoms with Crippen LogP contribution in [0.25, 0.3) is 0 Å². The molecule has 1 aliphatic heterocycles. The van der Waals surface area contributed by atoms with E-state index >= 15 is 0 Å². The number of rotatable bonds is 1. The Morgan fingerprint density at radius 1 is 1.64 bits per heavy atom. The van der Waals surface area contributed by atoms with Crippen LogP contribution in [0.15, 0.2) is 0 Å². The lowest BCUT2D eigenvalue weighted by Gasteiger charge is -2.31. The molecule has 1 fully saturated rings. The van der Waals surface area contributed by atoms with Crippen molar-refractivity contribution < 1.29 is 9.59 Å². The Balaban J connectivity index is 2.66. The van der Waals surface area contributed by atoms with E-state index in [-0.39, 0.29) is 18.0 Å². The van der Waals surface area contributed by atoms with Crippen LogP contribution in [-0.4, -0.2) is 30.0 Å². The highest BCUT2D eigenvalue weighted by atomic mass is 16.2. The average molecular weight is 157 g/mol. The fourth-order valence-electron chi connectivity index (χ4n) is 1.11. The van der Waals surface area contributed by atoms with Crippen molar-refractivity contribution in [1.29, 1.82) is 0 Å². The van der Waals surface area contributed by atoms with Crippen LogP contribution in [0.5, 0.6) is 0 Å². The van der Waals surface area contributed by atoms with Gasteiger partial charge in [-0.1, -0.05) is 0 Å². The molecule has 3 amide bonds. The first-order chi connectivity index (χ1) is 5.15. The van der Waals surface area contributed by atoms with Gasteiger partial charge in [0.1, 0.15) is 0 Å². The van der Waals surface area contributed by atoms with E-state index in [1.807, 2.05) is 6.92 Å². The molecule has 0 aromatic rings. The van der Waals surface area contributed by atoms with Gasteiger partial charge in [-0.2, -0.15) is 0 Å². The first-order valence-corrected chi connectivity index (χ1v) is 3.45. The minimum absolute atomic E-state index is 0.0683. The average Bonchev–Trinajstić information content (AvgIpc) is 1.85. The van der Waals surface area contributed by atoms with Gasteiger partial charge in [-0.3, -0.25) is 15.1 Å². The number of hydrazine groups is 1. The number of amides is 3. The molecule has 1 aliphatic rings. The fraction of sp³-hybridized carbons (Fsp3) is 0.667. The van der Waals surface area contributed by atoms with Crippen LogP contribution in [-0.2, 0) is 4.79 Å². The first-order valence-electron chi connectivity index (χ1n) is 3.45. The maximum absolute atomic E-state index is 11.0. The van der Waals surface area contributed by atoms with Crippen molar-refractivity contribution in [2.75, 3.05) is 7.05 Å². The Hall–Kier alpha value is -1.10. The minimum Gasteiger partial charge on any atom is -0.277 e. The predicted molar refractivity (Wildman–Crippen MR) is 38.5 cm³/mol. The summed E-state index contributed by atoms with van der Waals surface area (Å²) in [6.45, 7) is 1.81. The van der Waals surface area contributed by atoms with Crippen LogP contribution in [0, 0.1) is 0 Å². The minimum atomic E-state index is -0.378. The van der Waals surface area contributed by atoms with E-state index in [2.05, 4.69) is 10.7 Å². The summed E-state index contributed by atoms with van der Waals surface area (Å²) in [5, 5.41) is 3.59. The molecular weight excluding hydrogens is 146 g/mol. The zero-order chi connectivity index (χ0) is 8.43. The smallest absolute Gasteiger partial charge is 0.277 e. The second-order valence-corrected chi connectivity index (χ2v) is 2.50. The molecule has 0 saturated carbocycles. The molecule has 0 bridgehead atoms. The molecule has 1 saturated heterocycles. The highest BCUT2D eigenvalue weighted by Gasteiger charge is 2.28. The highest BCUT2D eigenvalue weighted by Crippen LogP contribution is 2.05. The summed E-state index contributed by atoms with van der Waals surface area (Å²) >= 11 is 0. The van der Waals surface area contributed by atoms with Crippen molar-refractivity contribution >= 4 is 11.9 Å². The molecule has 0 aromatic heterocycles. The Morgan fingerprint density at radius 2 is 2.27 bits per heavy atom. The zero-order valence-corrected chi connectivity index (χ0v) is 6.55. The third kappa shape index (κ3) is 1.48. The molecule has 0 aromatic carbocycles.